The number of anilines is 1. The van der Waals surface area contributed by atoms with E-state index in [1.54, 1.807) is 0 Å². The van der Waals surface area contributed by atoms with Gasteiger partial charge >= 0.3 is 142 Å². The SMILES string of the molecule is C[I-]n1ncc2cc(C(=O)Nc3ccc4nc(CN5CCC[C@@H]5C)[nH]c4c3)ccc21. The van der Waals surface area contributed by atoms with Crippen LogP contribution in [0.2, 0.25) is 0 Å². The van der Waals surface area contributed by atoms with Gasteiger partial charge in [0.05, 0.1) is 6.54 Å². The van der Waals surface area contributed by atoms with Crippen molar-refractivity contribution in [2.75, 3.05) is 16.8 Å². The fraction of sp³-hybridized carbons (Fsp3) is 0.318. The average molecular weight is 515 g/mol. The van der Waals surface area contributed by atoms with E-state index < -0.39 is 0 Å². The fourth-order valence-electron chi connectivity index (χ4n) is 4.12. The Kier molecular flexibility index (Phi) is 5.20. The fourth-order valence-corrected chi connectivity index (χ4v) is 5.45. The Morgan fingerprint density at radius 3 is 3.00 bits per heavy atom. The number of amides is 1. The molecule has 8 heteroatoms. The van der Waals surface area contributed by atoms with Gasteiger partial charge in [-0.15, -0.1) is 0 Å². The van der Waals surface area contributed by atoms with Crippen molar-refractivity contribution in [1.29, 1.82) is 0 Å². The van der Waals surface area contributed by atoms with Gasteiger partial charge in [0.2, 0.25) is 0 Å². The van der Waals surface area contributed by atoms with E-state index in [0.29, 0.717) is 11.6 Å². The second-order valence-electron chi connectivity index (χ2n) is 7.78. The molecule has 4 aromatic rings. The predicted molar refractivity (Wildman–Crippen MR) is 114 cm³/mol. The van der Waals surface area contributed by atoms with Crippen molar-refractivity contribution in [2.45, 2.75) is 32.4 Å². The van der Waals surface area contributed by atoms with Crippen molar-refractivity contribution < 1.29 is 26.3 Å². The summed E-state index contributed by atoms with van der Waals surface area (Å²) < 4.78 is 2.03. The molecule has 7 nitrogen and oxygen atoms in total. The first kappa shape index (κ1) is 19.5. The van der Waals surface area contributed by atoms with E-state index in [-0.39, 0.29) is 27.4 Å². The number of nitrogens with one attached hydrogen (secondary N) is 2. The Labute approximate surface area is 185 Å². The molecule has 0 radical (unpaired) electrons. The van der Waals surface area contributed by atoms with E-state index in [2.05, 4.69) is 32.2 Å². The second kappa shape index (κ2) is 7.99. The van der Waals surface area contributed by atoms with Gasteiger partial charge in [0, 0.05) is 6.04 Å². The summed E-state index contributed by atoms with van der Waals surface area (Å²) in [6.07, 6.45) is 4.34. The van der Waals surface area contributed by atoms with Gasteiger partial charge < -0.3 is 0 Å². The monoisotopic (exact) mass is 515 g/mol. The molecule has 1 amide bonds. The Morgan fingerprint density at radius 2 is 2.20 bits per heavy atom. The van der Waals surface area contributed by atoms with Gasteiger partial charge in [-0.25, -0.2) is 0 Å². The van der Waals surface area contributed by atoms with Crippen molar-refractivity contribution >= 4 is 33.5 Å². The third-order valence-electron chi connectivity index (χ3n) is 5.78. The molecule has 156 valence electrons. The van der Waals surface area contributed by atoms with Gasteiger partial charge in [0.15, 0.2) is 0 Å². The van der Waals surface area contributed by atoms with E-state index >= 15 is 0 Å². The van der Waals surface area contributed by atoms with E-state index in [9.17, 15) is 4.79 Å². The van der Waals surface area contributed by atoms with Gasteiger partial charge in [0.25, 0.3) is 0 Å². The van der Waals surface area contributed by atoms with Gasteiger partial charge in [-0.3, -0.25) is 4.90 Å². The van der Waals surface area contributed by atoms with Crippen LogP contribution in [0.3, 0.4) is 0 Å². The van der Waals surface area contributed by atoms with Gasteiger partial charge in [-0.2, -0.15) is 0 Å². The van der Waals surface area contributed by atoms with E-state index in [1.807, 2.05) is 45.5 Å². The summed E-state index contributed by atoms with van der Waals surface area (Å²) in [5, 5.41) is 8.40. The van der Waals surface area contributed by atoms with Crippen LogP contribution in [0, 0.1) is 0 Å². The summed E-state index contributed by atoms with van der Waals surface area (Å²) in [7, 11) is 0. The maximum absolute atomic E-state index is 12.8. The van der Waals surface area contributed by atoms with Crippen LogP contribution in [0.4, 0.5) is 5.69 Å². The van der Waals surface area contributed by atoms with Crippen molar-refractivity contribution in [3.05, 3.63) is 54.0 Å². The molecule has 1 aliphatic heterocycles. The molecule has 3 heterocycles. The number of halogens is 1. The summed E-state index contributed by atoms with van der Waals surface area (Å²) in [4.78, 5) is 25.5. The summed E-state index contributed by atoms with van der Waals surface area (Å²) in [5.74, 6) is 0.851. The number of alkyl halides is 1. The molecule has 2 aromatic carbocycles. The molecule has 0 bridgehead atoms. The number of imidazole rings is 1. The quantitative estimate of drug-likeness (QED) is 0.302. The third kappa shape index (κ3) is 3.69. The molecule has 2 aromatic heterocycles. The number of carbonyl (C=O) groups is 1. The summed E-state index contributed by atoms with van der Waals surface area (Å²) in [6.45, 7) is 4.24. The molecule has 1 aliphatic rings. The van der Waals surface area contributed by atoms with Crippen molar-refractivity contribution in [3.8, 4) is 0 Å². The van der Waals surface area contributed by atoms with Crippen LogP contribution in [0.1, 0.15) is 35.9 Å². The Hall–Kier alpha value is -2.46. The van der Waals surface area contributed by atoms with Crippen molar-refractivity contribution in [2.24, 2.45) is 0 Å². The van der Waals surface area contributed by atoms with Crippen LogP contribution in [0.15, 0.2) is 42.6 Å². The zero-order valence-corrected chi connectivity index (χ0v) is 19.2. The summed E-state index contributed by atoms with van der Waals surface area (Å²) in [6, 6.07) is 12.2. The molecule has 30 heavy (non-hydrogen) atoms. The molecule has 0 spiro atoms. The number of carbonyl (C=O) groups excluding carboxylic acids is 1. The van der Waals surface area contributed by atoms with Crippen LogP contribution in [-0.2, 0) is 6.54 Å². The van der Waals surface area contributed by atoms with Crippen LogP contribution in [0.25, 0.3) is 21.9 Å². The molecular formula is C22H24IN6O-. The first-order valence-electron chi connectivity index (χ1n) is 10.1. The number of benzene rings is 2. The average Bonchev–Trinajstić information content (AvgIpc) is 3.45. The standard InChI is InChI=1S/C22H24IN6O/c1-14-4-3-9-28(14)13-21-26-18-7-6-17(11-19(18)27-21)25-22(30)15-5-8-20-16(10-15)12-24-29(20)23-2/h5-8,10-12,14H,3-4,9,13H2,1-2H3,(H,25,30)(H,26,27)/q-1/t14-/m0/s1. The molecule has 1 atom stereocenters. The number of aromatic nitrogens is 4. The normalized spacial score (nSPS) is 17.3. The predicted octanol–water partition coefficient (Wildman–Crippen LogP) is 0.631. The molecule has 0 saturated carbocycles. The topological polar surface area (TPSA) is 78.8 Å². The summed E-state index contributed by atoms with van der Waals surface area (Å²) in [5.41, 5.74) is 4.34. The first-order valence-corrected chi connectivity index (χ1v) is 13.2. The second-order valence-corrected chi connectivity index (χ2v) is 9.66. The minimum atomic E-state index is -0.152. The molecule has 1 fully saturated rings. The Bertz CT molecular complexity index is 1230. The molecular weight excluding hydrogens is 491 g/mol. The Morgan fingerprint density at radius 1 is 1.30 bits per heavy atom. The molecule has 2 N–H and O–H groups in total. The molecule has 0 unspecified atom stereocenters. The first-order chi connectivity index (χ1) is 14.6. The number of H-pyrrole nitrogens is 1. The van der Waals surface area contributed by atoms with Gasteiger partial charge in [-0.05, 0) is 26.3 Å². The Balaban J connectivity index is 1.33. The van der Waals surface area contributed by atoms with E-state index in [1.165, 1.54) is 12.8 Å². The molecule has 0 aliphatic carbocycles. The van der Waals surface area contributed by atoms with Crippen LogP contribution >= 0.6 is 0 Å². The molecule has 5 rings (SSSR count). The number of hydrogen-bond acceptors (Lipinski definition) is 4. The molecule has 1 saturated heterocycles. The summed E-state index contributed by atoms with van der Waals surface area (Å²) >= 11 is -0.152. The van der Waals surface area contributed by atoms with Gasteiger partial charge in [0.1, 0.15) is 0 Å². The number of hydrogen-bond donors (Lipinski definition) is 2. The zero-order valence-electron chi connectivity index (χ0n) is 17.0. The third-order valence-corrected chi connectivity index (χ3v) is 7.46. The van der Waals surface area contributed by atoms with Crippen molar-refractivity contribution in [3.63, 3.8) is 0 Å². The van der Waals surface area contributed by atoms with E-state index in [4.69, 9.17) is 4.98 Å². The van der Waals surface area contributed by atoms with E-state index in [0.717, 1.165) is 46.5 Å². The number of likely N-dealkylation sites (tertiary alicyclic amines) is 1. The minimum absolute atomic E-state index is 0.124. The van der Waals surface area contributed by atoms with Crippen LogP contribution in [0.5, 0.6) is 0 Å². The van der Waals surface area contributed by atoms with Crippen LogP contribution in [-0.4, -0.2) is 46.3 Å². The maximum atomic E-state index is 12.8. The van der Waals surface area contributed by atoms with Gasteiger partial charge in [-0.1, -0.05) is 0 Å². The van der Waals surface area contributed by atoms with Crippen molar-refractivity contribution in [1.82, 2.24) is 22.9 Å². The zero-order chi connectivity index (χ0) is 20.7. The number of rotatable bonds is 5. The number of aromatic amines is 1. The number of fused-ring (bicyclic) bond motifs is 2. The van der Waals surface area contributed by atoms with Crippen LogP contribution < -0.4 is 26.8 Å². The number of nitrogens with zero attached hydrogens (tertiary/aromatic N) is 4.